The van der Waals surface area contributed by atoms with Crippen LogP contribution in [0, 0.1) is 0 Å². The number of sulfone groups is 1. The number of hydrogen-bond donors (Lipinski definition) is 2. The fourth-order valence-electron chi connectivity index (χ4n) is 0.936. The summed E-state index contributed by atoms with van der Waals surface area (Å²) >= 11 is 0. The number of nitrogens with zero attached hydrogens (tertiary/aromatic N) is 2. The molecule has 13 heavy (non-hydrogen) atoms. The van der Waals surface area contributed by atoms with Crippen LogP contribution >= 0.6 is 0 Å². The number of rotatable bonds is 3. The Bertz CT molecular complexity index is 395. The van der Waals surface area contributed by atoms with Crippen molar-refractivity contribution >= 4 is 15.7 Å². The van der Waals surface area contributed by atoms with Gasteiger partial charge in [0, 0.05) is 6.26 Å². The summed E-state index contributed by atoms with van der Waals surface area (Å²) in [5.41, 5.74) is 5.49. The summed E-state index contributed by atoms with van der Waals surface area (Å²) in [6, 6.07) is 0. The van der Waals surface area contributed by atoms with E-state index in [0.29, 0.717) is 0 Å². The highest BCUT2D eigenvalue weighted by Crippen LogP contribution is 2.16. The Morgan fingerprint density at radius 1 is 1.69 bits per heavy atom. The maximum absolute atomic E-state index is 11.1. The highest BCUT2D eigenvalue weighted by atomic mass is 32.2. The van der Waals surface area contributed by atoms with Gasteiger partial charge in [-0.1, -0.05) is 0 Å². The molecule has 1 heterocycles. The van der Waals surface area contributed by atoms with E-state index in [1.54, 1.807) is 0 Å². The molecule has 0 aromatic carbocycles. The molecule has 1 aromatic rings. The summed E-state index contributed by atoms with van der Waals surface area (Å²) < 4.78 is 23.4. The Balaban J connectivity index is 3.14. The molecule has 0 amide bonds. The van der Waals surface area contributed by atoms with Crippen molar-refractivity contribution in [3.05, 3.63) is 6.20 Å². The lowest BCUT2D eigenvalue weighted by Gasteiger charge is -2.01. The first-order valence-electron chi connectivity index (χ1n) is 3.59. The maximum Gasteiger partial charge on any atom is 0.180 e. The molecule has 7 heteroatoms. The van der Waals surface area contributed by atoms with Crippen LogP contribution in [0.25, 0.3) is 0 Å². The molecular formula is C6H11N3O3S. The summed E-state index contributed by atoms with van der Waals surface area (Å²) in [5, 5.41) is 12.3. The van der Waals surface area contributed by atoms with E-state index in [1.807, 2.05) is 0 Å². The Labute approximate surface area is 75.9 Å². The minimum absolute atomic E-state index is 0.000880. The van der Waals surface area contributed by atoms with Crippen molar-refractivity contribution in [1.29, 1.82) is 0 Å². The van der Waals surface area contributed by atoms with E-state index in [-0.39, 0.29) is 23.9 Å². The van der Waals surface area contributed by atoms with Gasteiger partial charge < -0.3 is 10.8 Å². The average molecular weight is 205 g/mol. The van der Waals surface area contributed by atoms with Crippen molar-refractivity contribution in [2.45, 2.75) is 11.4 Å². The van der Waals surface area contributed by atoms with E-state index < -0.39 is 9.84 Å². The summed E-state index contributed by atoms with van der Waals surface area (Å²) in [4.78, 5) is 0.000880. The molecule has 6 nitrogen and oxygen atoms in total. The van der Waals surface area contributed by atoms with E-state index in [0.717, 1.165) is 6.26 Å². The number of nitrogen functional groups attached to an aromatic ring is 1. The number of aliphatic hydroxyl groups excluding tert-OH is 1. The molecule has 1 aromatic heterocycles. The lowest BCUT2D eigenvalue weighted by molar-refractivity contribution is 0.270. The third kappa shape index (κ3) is 1.99. The van der Waals surface area contributed by atoms with E-state index in [9.17, 15) is 8.42 Å². The Hall–Kier alpha value is -1.08. The van der Waals surface area contributed by atoms with Crippen molar-refractivity contribution in [3.8, 4) is 0 Å². The van der Waals surface area contributed by atoms with Crippen molar-refractivity contribution in [1.82, 2.24) is 9.78 Å². The zero-order chi connectivity index (χ0) is 10.1. The fraction of sp³-hybridized carbons (Fsp3) is 0.500. The van der Waals surface area contributed by atoms with E-state index in [1.165, 1.54) is 10.9 Å². The van der Waals surface area contributed by atoms with Gasteiger partial charge in [-0.05, 0) is 0 Å². The van der Waals surface area contributed by atoms with Crippen LogP contribution in [0.5, 0.6) is 0 Å². The standard InChI is InChI=1S/C6H11N3O3S/c1-13(11,12)5-4-8-9(2-3-10)6(5)7/h4,10H,2-3,7H2,1H3. The smallest absolute Gasteiger partial charge is 0.180 e. The van der Waals surface area contributed by atoms with Crippen molar-refractivity contribution < 1.29 is 13.5 Å². The van der Waals surface area contributed by atoms with Crippen LogP contribution in [0.1, 0.15) is 0 Å². The van der Waals surface area contributed by atoms with Gasteiger partial charge >= 0.3 is 0 Å². The molecule has 3 N–H and O–H groups in total. The minimum Gasteiger partial charge on any atom is -0.394 e. The van der Waals surface area contributed by atoms with Crippen LogP contribution in [0.2, 0.25) is 0 Å². The van der Waals surface area contributed by atoms with Gasteiger partial charge in [-0.2, -0.15) is 5.10 Å². The first kappa shape index (κ1) is 10.0. The number of anilines is 1. The number of aliphatic hydroxyl groups is 1. The molecule has 0 fully saturated rings. The highest BCUT2D eigenvalue weighted by Gasteiger charge is 2.16. The second-order valence-corrected chi connectivity index (χ2v) is 4.60. The maximum atomic E-state index is 11.1. The molecule has 0 unspecified atom stereocenters. The molecule has 74 valence electrons. The zero-order valence-corrected chi connectivity index (χ0v) is 7.95. The van der Waals surface area contributed by atoms with Crippen LogP contribution in [0.15, 0.2) is 11.1 Å². The summed E-state index contributed by atoms with van der Waals surface area (Å²) in [6.07, 6.45) is 2.24. The predicted octanol–water partition coefficient (Wildman–Crippen LogP) is -1.14. The van der Waals surface area contributed by atoms with Crippen molar-refractivity contribution in [3.63, 3.8) is 0 Å². The number of hydrogen-bond acceptors (Lipinski definition) is 5. The molecule has 1 rings (SSSR count). The van der Waals surface area contributed by atoms with Gasteiger partial charge in [0.15, 0.2) is 9.84 Å². The summed E-state index contributed by atoms with van der Waals surface area (Å²) in [5.74, 6) is 0.0663. The van der Waals surface area contributed by atoms with E-state index >= 15 is 0 Å². The lowest BCUT2D eigenvalue weighted by Crippen LogP contribution is -2.09. The van der Waals surface area contributed by atoms with Crippen LogP contribution < -0.4 is 5.73 Å². The second-order valence-electron chi connectivity index (χ2n) is 2.61. The molecule has 0 spiro atoms. The molecule has 0 atom stereocenters. The average Bonchev–Trinajstić information content (AvgIpc) is 2.32. The first-order chi connectivity index (χ1) is 5.96. The third-order valence-electron chi connectivity index (χ3n) is 1.56. The normalized spacial score (nSPS) is 11.8. The number of aromatic nitrogens is 2. The molecule has 0 aliphatic rings. The molecule has 0 bridgehead atoms. The molecule has 0 radical (unpaired) electrons. The van der Waals surface area contributed by atoms with Crippen LogP contribution in [-0.4, -0.2) is 36.2 Å². The van der Waals surface area contributed by atoms with Gasteiger partial charge in [-0.25, -0.2) is 13.1 Å². The predicted molar refractivity (Wildman–Crippen MR) is 46.8 cm³/mol. The lowest BCUT2D eigenvalue weighted by atomic mass is 10.6. The third-order valence-corrected chi connectivity index (χ3v) is 2.67. The second kappa shape index (κ2) is 3.35. The number of nitrogens with two attached hydrogens (primary N) is 1. The van der Waals surface area contributed by atoms with Crippen molar-refractivity contribution in [2.75, 3.05) is 18.6 Å². The zero-order valence-electron chi connectivity index (χ0n) is 7.14. The highest BCUT2D eigenvalue weighted by molar-refractivity contribution is 7.90. The van der Waals surface area contributed by atoms with Crippen LogP contribution in [0.3, 0.4) is 0 Å². The SMILES string of the molecule is CS(=O)(=O)c1cnn(CCO)c1N. The topological polar surface area (TPSA) is 98.2 Å². The molecule has 0 aliphatic carbocycles. The fourth-order valence-corrected chi connectivity index (χ4v) is 1.66. The monoisotopic (exact) mass is 205 g/mol. The van der Waals surface area contributed by atoms with Crippen molar-refractivity contribution in [2.24, 2.45) is 0 Å². The van der Waals surface area contributed by atoms with E-state index in [2.05, 4.69) is 5.10 Å². The molecule has 0 saturated heterocycles. The summed E-state index contributed by atoms with van der Waals surface area (Å²) in [7, 11) is -3.32. The first-order valence-corrected chi connectivity index (χ1v) is 5.48. The van der Waals surface area contributed by atoms with Gasteiger partial charge in [0.1, 0.15) is 10.7 Å². The van der Waals surface area contributed by atoms with Crippen LogP contribution in [-0.2, 0) is 16.4 Å². The van der Waals surface area contributed by atoms with E-state index in [4.69, 9.17) is 10.8 Å². The molecular weight excluding hydrogens is 194 g/mol. The van der Waals surface area contributed by atoms with Gasteiger partial charge in [0.25, 0.3) is 0 Å². The largest absolute Gasteiger partial charge is 0.394 e. The molecule has 0 saturated carbocycles. The van der Waals surface area contributed by atoms with Gasteiger partial charge in [0.2, 0.25) is 0 Å². The van der Waals surface area contributed by atoms with Gasteiger partial charge in [-0.3, -0.25) is 0 Å². The Morgan fingerprint density at radius 3 is 2.69 bits per heavy atom. The Kier molecular flexibility index (Phi) is 2.58. The van der Waals surface area contributed by atoms with Gasteiger partial charge in [0.05, 0.1) is 19.3 Å². The van der Waals surface area contributed by atoms with Crippen LogP contribution in [0.4, 0.5) is 5.82 Å². The summed E-state index contributed by atoms with van der Waals surface area (Å²) in [6.45, 7) is 0.0659. The van der Waals surface area contributed by atoms with Gasteiger partial charge in [-0.15, -0.1) is 0 Å². The minimum atomic E-state index is -3.32. The molecule has 0 aliphatic heterocycles. The Morgan fingerprint density at radius 2 is 2.31 bits per heavy atom. The quantitative estimate of drug-likeness (QED) is 0.650.